The van der Waals surface area contributed by atoms with Crippen LogP contribution in [0.25, 0.3) is 0 Å². The molecule has 0 saturated carbocycles. The predicted octanol–water partition coefficient (Wildman–Crippen LogP) is 2.95. The summed E-state index contributed by atoms with van der Waals surface area (Å²) >= 11 is 0. The number of para-hydroxylation sites is 1. The highest BCUT2D eigenvalue weighted by Crippen LogP contribution is 2.31. The third kappa shape index (κ3) is 6.22. The molecule has 1 amide bonds. The topological polar surface area (TPSA) is 62.8 Å². The Bertz CT molecular complexity index is 621. The fourth-order valence-corrected chi connectivity index (χ4v) is 4.31. The predicted molar refractivity (Wildman–Crippen MR) is 121 cm³/mol. The number of nitrogens with one attached hydrogen (secondary N) is 2. The van der Waals surface area contributed by atoms with Gasteiger partial charge >= 0.3 is 0 Å². The minimum atomic E-state index is -0.710. The van der Waals surface area contributed by atoms with Crippen LogP contribution in [0, 0.1) is 0 Å². The average Bonchev–Trinajstić information content (AvgIpc) is 2.75. The first-order valence-electron chi connectivity index (χ1n) is 10.1. The number of ether oxygens (including phenoxy) is 2. The van der Waals surface area contributed by atoms with E-state index in [0.717, 1.165) is 37.5 Å². The zero-order valence-corrected chi connectivity index (χ0v) is 19.1. The highest BCUT2D eigenvalue weighted by molar-refractivity contribution is 5.86. The summed E-state index contributed by atoms with van der Waals surface area (Å²) in [6, 6.07) is 8.25. The fraction of sp³-hybridized carbons (Fsp3) is 0.667. The normalized spacial score (nSPS) is 19.9. The average molecular weight is 448 g/mol. The largest absolute Gasteiger partial charge is 0.496 e. The molecule has 0 aromatic heterocycles. The number of benzene rings is 1. The highest BCUT2D eigenvalue weighted by atomic mass is 35.5. The van der Waals surface area contributed by atoms with E-state index in [1.807, 2.05) is 18.2 Å². The van der Waals surface area contributed by atoms with Crippen LogP contribution in [-0.2, 0) is 9.53 Å². The molecule has 0 spiro atoms. The van der Waals surface area contributed by atoms with E-state index in [4.69, 9.17) is 9.47 Å². The summed E-state index contributed by atoms with van der Waals surface area (Å²) < 4.78 is 11.3. The number of amides is 1. The molecule has 3 rings (SSSR count). The van der Waals surface area contributed by atoms with Gasteiger partial charge in [0.25, 0.3) is 5.91 Å². The van der Waals surface area contributed by atoms with Crippen molar-refractivity contribution in [3.8, 4) is 5.75 Å². The van der Waals surface area contributed by atoms with Gasteiger partial charge in [0.1, 0.15) is 11.4 Å². The summed E-state index contributed by atoms with van der Waals surface area (Å²) in [4.78, 5) is 15.5. The summed E-state index contributed by atoms with van der Waals surface area (Å²) in [6.07, 6.45) is 5.10. The van der Waals surface area contributed by atoms with E-state index in [1.165, 1.54) is 19.3 Å². The quantitative estimate of drug-likeness (QED) is 0.672. The van der Waals surface area contributed by atoms with Gasteiger partial charge in [-0.2, -0.15) is 0 Å². The van der Waals surface area contributed by atoms with Crippen molar-refractivity contribution in [2.75, 3.05) is 46.9 Å². The molecule has 2 aliphatic heterocycles. The molecular formula is C21H35Cl2N3O3. The van der Waals surface area contributed by atoms with Gasteiger partial charge in [-0.15, -0.1) is 24.8 Å². The van der Waals surface area contributed by atoms with Gasteiger partial charge < -0.3 is 20.1 Å². The van der Waals surface area contributed by atoms with E-state index in [-0.39, 0.29) is 36.8 Å². The lowest BCUT2D eigenvalue weighted by molar-refractivity contribution is -0.147. The van der Waals surface area contributed by atoms with E-state index in [2.05, 4.69) is 21.6 Å². The van der Waals surface area contributed by atoms with E-state index in [0.29, 0.717) is 19.4 Å². The molecule has 2 aliphatic rings. The number of nitrogens with zero attached hydrogens (tertiary/aromatic N) is 1. The van der Waals surface area contributed by atoms with Crippen molar-refractivity contribution < 1.29 is 14.3 Å². The zero-order chi connectivity index (χ0) is 19.1. The Balaban J connectivity index is 0.00000210. The molecule has 2 heterocycles. The van der Waals surface area contributed by atoms with Gasteiger partial charge in [0.2, 0.25) is 0 Å². The van der Waals surface area contributed by atoms with E-state index in [1.54, 1.807) is 14.2 Å². The maximum absolute atomic E-state index is 13.0. The first kappa shape index (κ1) is 26.0. The molecule has 2 saturated heterocycles. The molecule has 0 bridgehead atoms. The van der Waals surface area contributed by atoms with Gasteiger partial charge in [-0.05, 0) is 57.9 Å². The first-order chi connectivity index (χ1) is 13.2. The highest BCUT2D eigenvalue weighted by Gasteiger charge is 2.40. The SMILES string of the molecule is COc1ccccc1C(CNC(=O)C1(OC)CCNCC1)N1CCCCC1.Cl.Cl. The summed E-state index contributed by atoms with van der Waals surface area (Å²) in [7, 11) is 3.35. The Hall–Kier alpha value is -1.05. The third-order valence-electron chi connectivity index (χ3n) is 6.00. The molecule has 1 aromatic rings. The molecule has 1 aromatic carbocycles. The Labute approximate surface area is 186 Å². The monoisotopic (exact) mass is 447 g/mol. The second kappa shape index (κ2) is 12.6. The fourth-order valence-electron chi connectivity index (χ4n) is 4.31. The molecular weight excluding hydrogens is 413 g/mol. The van der Waals surface area contributed by atoms with Crippen LogP contribution in [0.1, 0.15) is 43.7 Å². The standard InChI is InChI=1S/C21H33N3O3.2ClH/c1-26-19-9-5-4-8-17(19)18(24-14-6-3-7-15-24)16-23-20(25)21(27-2)10-12-22-13-11-21;;/h4-5,8-9,18,22H,3,6-7,10-16H2,1-2H3,(H,23,25);2*1H. The van der Waals surface area contributed by atoms with Gasteiger partial charge in [0.15, 0.2) is 0 Å². The van der Waals surface area contributed by atoms with Crippen LogP contribution in [0.4, 0.5) is 0 Å². The van der Waals surface area contributed by atoms with Crippen LogP contribution in [-0.4, -0.2) is 63.4 Å². The van der Waals surface area contributed by atoms with Gasteiger partial charge in [-0.1, -0.05) is 24.6 Å². The summed E-state index contributed by atoms with van der Waals surface area (Å²) in [5, 5.41) is 6.50. The summed E-state index contributed by atoms with van der Waals surface area (Å²) in [5.41, 5.74) is 0.428. The number of hydrogen-bond acceptors (Lipinski definition) is 5. The van der Waals surface area contributed by atoms with Crippen molar-refractivity contribution in [2.45, 2.75) is 43.7 Å². The molecule has 1 atom stereocenters. The van der Waals surface area contributed by atoms with Crippen molar-refractivity contribution in [2.24, 2.45) is 0 Å². The number of rotatable bonds is 7. The number of hydrogen-bond donors (Lipinski definition) is 2. The van der Waals surface area contributed by atoms with Gasteiger partial charge in [-0.3, -0.25) is 9.69 Å². The Morgan fingerprint density at radius 2 is 1.79 bits per heavy atom. The molecule has 1 unspecified atom stereocenters. The molecule has 2 fully saturated rings. The van der Waals surface area contributed by atoms with Crippen molar-refractivity contribution in [3.05, 3.63) is 29.8 Å². The maximum atomic E-state index is 13.0. The molecule has 166 valence electrons. The Morgan fingerprint density at radius 1 is 1.14 bits per heavy atom. The van der Waals surface area contributed by atoms with Crippen LogP contribution < -0.4 is 15.4 Å². The van der Waals surface area contributed by atoms with Gasteiger partial charge in [0, 0.05) is 19.2 Å². The lowest BCUT2D eigenvalue weighted by Crippen LogP contribution is -2.55. The number of likely N-dealkylation sites (tertiary alicyclic amines) is 1. The second-order valence-electron chi connectivity index (χ2n) is 7.51. The number of carbonyl (C=O) groups is 1. The van der Waals surface area contributed by atoms with E-state index < -0.39 is 5.60 Å². The van der Waals surface area contributed by atoms with E-state index >= 15 is 0 Å². The van der Waals surface area contributed by atoms with Crippen molar-refractivity contribution >= 4 is 30.7 Å². The number of piperidine rings is 2. The zero-order valence-electron chi connectivity index (χ0n) is 17.4. The van der Waals surface area contributed by atoms with Crippen LogP contribution in [0.15, 0.2) is 24.3 Å². The molecule has 2 N–H and O–H groups in total. The van der Waals surface area contributed by atoms with Crippen molar-refractivity contribution in [3.63, 3.8) is 0 Å². The van der Waals surface area contributed by atoms with Crippen LogP contribution in [0.3, 0.4) is 0 Å². The number of carbonyl (C=O) groups excluding carboxylic acids is 1. The minimum Gasteiger partial charge on any atom is -0.496 e. The van der Waals surface area contributed by atoms with Crippen LogP contribution >= 0.6 is 24.8 Å². The maximum Gasteiger partial charge on any atom is 0.252 e. The van der Waals surface area contributed by atoms with Crippen LogP contribution in [0.2, 0.25) is 0 Å². The number of halogens is 2. The summed E-state index contributed by atoms with van der Waals surface area (Å²) in [5.74, 6) is 0.883. The van der Waals surface area contributed by atoms with Gasteiger partial charge in [-0.25, -0.2) is 0 Å². The first-order valence-corrected chi connectivity index (χ1v) is 10.1. The lowest BCUT2D eigenvalue weighted by Gasteiger charge is -2.38. The van der Waals surface area contributed by atoms with E-state index in [9.17, 15) is 4.79 Å². The summed E-state index contributed by atoms with van der Waals surface area (Å²) in [6.45, 7) is 4.29. The van der Waals surface area contributed by atoms with Crippen molar-refractivity contribution in [1.82, 2.24) is 15.5 Å². The molecule has 0 radical (unpaired) electrons. The minimum absolute atomic E-state index is 0. The third-order valence-corrected chi connectivity index (χ3v) is 6.00. The Kier molecular flexibility index (Phi) is 11.3. The molecule has 29 heavy (non-hydrogen) atoms. The second-order valence-corrected chi connectivity index (χ2v) is 7.51. The molecule has 6 nitrogen and oxygen atoms in total. The van der Waals surface area contributed by atoms with Gasteiger partial charge in [0.05, 0.1) is 13.2 Å². The Morgan fingerprint density at radius 3 is 2.41 bits per heavy atom. The molecule has 8 heteroatoms. The van der Waals surface area contributed by atoms with Crippen molar-refractivity contribution in [1.29, 1.82) is 0 Å². The lowest BCUT2D eigenvalue weighted by atomic mass is 9.90. The van der Waals surface area contributed by atoms with Crippen LogP contribution in [0.5, 0.6) is 5.75 Å². The smallest absolute Gasteiger partial charge is 0.252 e. The molecule has 0 aliphatic carbocycles. The number of methoxy groups -OCH3 is 2.